The van der Waals surface area contributed by atoms with Crippen LogP contribution in [0.3, 0.4) is 0 Å². The second-order valence-corrected chi connectivity index (χ2v) is 2.85. The summed E-state index contributed by atoms with van der Waals surface area (Å²) in [5, 5.41) is 27.3. The molecule has 2 fully saturated rings. The van der Waals surface area contributed by atoms with Gasteiger partial charge in [0.05, 0.1) is 6.61 Å². The molecule has 0 radical (unpaired) electrons. The molecule has 0 aliphatic carbocycles. The maximum Gasteiger partial charge on any atom is 0.184 e. The van der Waals surface area contributed by atoms with Gasteiger partial charge in [0, 0.05) is 0 Å². The minimum Gasteiger partial charge on any atom is -0.388 e. The molecule has 2 heterocycles. The number of aliphatic hydroxyl groups is 3. The van der Waals surface area contributed by atoms with Gasteiger partial charge in [-0.3, -0.25) is 0 Å². The lowest BCUT2D eigenvalue weighted by Crippen LogP contribution is -2.32. The molecule has 2 rings (SSSR count). The second-order valence-electron chi connectivity index (χ2n) is 2.85. The minimum absolute atomic E-state index is 0.166. The van der Waals surface area contributed by atoms with Crippen molar-refractivity contribution < 1.29 is 24.8 Å². The molecule has 11 heavy (non-hydrogen) atoms. The van der Waals surface area contributed by atoms with Crippen LogP contribution in [0.2, 0.25) is 0 Å². The molecule has 5 nitrogen and oxygen atoms in total. The maximum absolute atomic E-state index is 9.17. The summed E-state index contributed by atoms with van der Waals surface area (Å²) >= 11 is 0. The van der Waals surface area contributed by atoms with Gasteiger partial charge in [-0.25, -0.2) is 0 Å². The molecule has 2 saturated heterocycles. The Hall–Kier alpha value is -0.200. The lowest BCUT2D eigenvalue weighted by Gasteiger charge is -2.10. The molecule has 5 atom stereocenters. The van der Waals surface area contributed by atoms with E-state index < -0.39 is 30.7 Å². The van der Waals surface area contributed by atoms with Crippen LogP contribution in [0.25, 0.3) is 0 Å². The number of hydrogen-bond donors (Lipinski definition) is 3. The lowest BCUT2D eigenvalue weighted by molar-refractivity contribution is -0.149. The number of rotatable bonds is 0. The average Bonchev–Trinajstić information content (AvgIpc) is 2.43. The summed E-state index contributed by atoms with van der Waals surface area (Å²) in [5.74, 6) is 0. The Kier molecular flexibility index (Phi) is 1.62. The van der Waals surface area contributed by atoms with Crippen molar-refractivity contribution in [2.24, 2.45) is 0 Å². The Morgan fingerprint density at radius 2 is 1.82 bits per heavy atom. The molecular weight excluding hydrogens is 152 g/mol. The number of hydrogen-bond acceptors (Lipinski definition) is 5. The van der Waals surface area contributed by atoms with E-state index in [2.05, 4.69) is 0 Å². The van der Waals surface area contributed by atoms with Crippen molar-refractivity contribution in [2.45, 2.75) is 30.7 Å². The van der Waals surface area contributed by atoms with Crippen LogP contribution in [0.1, 0.15) is 0 Å². The van der Waals surface area contributed by atoms with Crippen molar-refractivity contribution in [1.29, 1.82) is 0 Å². The smallest absolute Gasteiger partial charge is 0.184 e. The van der Waals surface area contributed by atoms with E-state index in [1.54, 1.807) is 0 Å². The predicted molar refractivity (Wildman–Crippen MR) is 32.6 cm³/mol. The van der Waals surface area contributed by atoms with Crippen molar-refractivity contribution in [3.63, 3.8) is 0 Å². The first-order valence-corrected chi connectivity index (χ1v) is 3.51. The molecule has 0 amide bonds. The van der Waals surface area contributed by atoms with E-state index in [0.717, 1.165) is 0 Å². The van der Waals surface area contributed by atoms with Gasteiger partial charge in [-0.15, -0.1) is 0 Å². The Morgan fingerprint density at radius 1 is 1.09 bits per heavy atom. The molecule has 0 aromatic rings. The third-order valence-electron chi connectivity index (χ3n) is 2.09. The molecule has 0 bridgehead atoms. The van der Waals surface area contributed by atoms with Crippen molar-refractivity contribution in [1.82, 2.24) is 0 Å². The highest BCUT2D eigenvalue weighted by Crippen LogP contribution is 2.29. The molecule has 64 valence electrons. The van der Waals surface area contributed by atoms with E-state index in [1.807, 2.05) is 0 Å². The summed E-state index contributed by atoms with van der Waals surface area (Å²) in [5.41, 5.74) is 0. The van der Waals surface area contributed by atoms with Crippen LogP contribution in [-0.4, -0.2) is 52.6 Å². The molecule has 0 aromatic carbocycles. The van der Waals surface area contributed by atoms with E-state index in [1.165, 1.54) is 0 Å². The molecule has 0 aromatic heterocycles. The Labute approximate surface area is 63.2 Å². The largest absolute Gasteiger partial charge is 0.388 e. The van der Waals surface area contributed by atoms with Crippen molar-refractivity contribution in [3.05, 3.63) is 0 Å². The highest BCUT2D eigenvalue weighted by molar-refractivity contribution is 4.95. The van der Waals surface area contributed by atoms with Gasteiger partial charge in [0.1, 0.15) is 24.4 Å². The lowest BCUT2D eigenvalue weighted by atomic mass is 10.1. The third-order valence-corrected chi connectivity index (χ3v) is 2.09. The fourth-order valence-corrected chi connectivity index (χ4v) is 1.48. The molecule has 2 aliphatic rings. The van der Waals surface area contributed by atoms with E-state index >= 15 is 0 Å². The van der Waals surface area contributed by atoms with Gasteiger partial charge in [-0.1, -0.05) is 0 Å². The monoisotopic (exact) mass is 162 g/mol. The van der Waals surface area contributed by atoms with E-state index in [9.17, 15) is 5.11 Å². The SMILES string of the molecule is O[C@@H]1[C@H]2OC[C@@H](O)[C@@H]2O[C@@H]1O. The maximum atomic E-state index is 9.17. The summed E-state index contributed by atoms with van der Waals surface area (Å²) in [7, 11) is 0. The minimum atomic E-state index is -1.22. The van der Waals surface area contributed by atoms with Crippen LogP contribution in [0.4, 0.5) is 0 Å². The summed E-state index contributed by atoms with van der Waals surface area (Å²) in [6, 6.07) is 0. The van der Waals surface area contributed by atoms with Gasteiger partial charge in [-0.05, 0) is 0 Å². The van der Waals surface area contributed by atoms with Gasteiger partial charge >= 0.3 is 0 Å². The molecule has 0 saturated carbocycles. The average molecular weight is 162 g/mol. The van der Waals surface area contributed by atoms with Crippen LogP contribution in [-0.2, 0) is 9.47 Å². The first-order chi connectivity index (χ1) is 5.20. The van der Waals surface area contributed by atoms with Crippen LogP contribution in [0, 0.1) is 0 Å². The van der Waals surface area contributed by atoms with Gasteiger partial charge < -0.3 is 24.8 Å². The van der Waals surface area contributed by atoms with Crippen LogP contribution in [0.15, 0.2) is 0 Å². The van der Waals surface area contributed by atoms with Crippen LogP contribution in [0.5, 0.6) is 0 Å². The molecule has 3 N–H and O–H groups in total. The topological polar surface area (TPSA) is 79.2 Å². The number of aliphatic hydroxyl groups excluding tert-OH is 3. The molecule has 0 spiro atoms. The molecular formula is C6H10O5. The predicted octanol–water partition coefficient (Wildman–Crippen LogP) is -2.18. The van der Waals surface area contributed by atoms with Gasteiger partial charge in [0.15, 0.2) is 6.29 Å². The third kappa shape index (κ3) is 0.969. The summed E-state index contributed by atoms with van der Waals surface area (Å²) in [6.45, 7) is 0.166. The Morgan fingerprint density at radius 3 is 2.45 bits per heavy atom. The van der Waals surface area contributed by atoms with Crippen molar-refractivity contribution >= 4 is 0 Å². The standard InChI is InChI=1S/C6H10O5/c7-2-1-10-5-3(8)6(9)11-4(2)5/h2-9H,1H2/t2-,3-,4+,5-,6+/m1/s1. The van der Waals surface area contributed by atoms with Crippen molar-refractivity contribution in [3.8, 4) is 0 Å². The fourth-order valence-electron chi connectivity index (χ4n) is 1.48. The summed E-state index contributed by atoms with van der Waals surface area (Å²) in [6.07, 6.45) is -4.12. The Balaban J connectivity index is 2.12. The summed E-state index contributed by atoms with van der Waals surface area (Å²) < 4.78 is 9.83. The van der Waals surface area contributed by atoms with Gasteiger partial charge in [0.2, 0.25) is 0 Å². The molecule has 0 unspecified atom stereocenters. The van der Waals surface area contributed by atoms with Gasteiger partial charge in [-0.2, -0.15) is 0 Å². The zero-order chi connectivity index (χ0) is 8.01. The van der Waals surface area contributed by atoms with Gasteiger partial charge in [0.25, 0.3) is 0 Å². The Bertz CT molecular complexity index is 161. The first kappa shape index (κ1) is 7.45. The van der Waals surface area contributed by atoms with Crippen LogP contribution >= 0.6 is 0 Å². The van der Waals surface area contributed by atoms with E-state index in [4.69, 9.17) is 19.7 Å². The number of fused-ring (bicyclic) bond motifs is 1. The highest BCUT2D eigenvalue weighted by Gasteiger charge is 2.51. The second kappa shape index (κ2) is 2.40. The van der Waals surface area contributed by atoms with Crippen LogP contribution < -0.4 is 0 Å². The van der Waals surface area contributed by atoms with E-state index in [0.29, 0.717) is 0 Å². The van der Waals surface area contributed by atoms with E-state index in [-0.39, 0.29) is 6.61 Å². The normalized spacial score (nSPS) is 56.5. The van der Waals surface area contributed by atoms with Crippen molar-refractivity contribution in [2.75, 3.05) is 6.61 Å². The summed E-state index contributed by atoms with van der Waals surface area (Å²) in [4.78, 5) is 0. The number of ether oxygens (including phenoxy) is 2. The fraction of sp³-hybridized carbons (Fsp3) is 1.00. The molecule has 5 heteroatoms. The first-order valence-electron chi connectivity index (χ1n) is 3.51. The zero-order valence-electron chi connectivity index (χ0n) is 5.75. The quantitative estimate of drug-likeness (QED) is 0.377. The zero-order valence-corrected chi connectivity index (χ0v) is 5.75. The highest BCUT2D eigenvalue weighted by atomic mass is 16.7. The molecule has 2 aliphatic heterocycles.